The van der Waals surface area contributed by atoms with Gasteiger partial charge >= 0.3 is 11.8 Å². The Balaban J connectivity index is 1.43. The van der Waals surface area contributed by atoms with E-state index in [1.807, 2.05) is 31.2 Å². The summed E-state index contributed by atoms with van der Waals surface area (Å²) >= 11 is 0. The summed E-state index contributed by atoms with van der Waals surface area (Å²) < 4.78 is 32.8. The molecule has 1 aliphatic heterocycles. The van der Waals surface area contributed by atoms with Crippen molar-refractivity contribution in [1.82, 2.24) is 19.8 Å². The largest absolute Gasteiger partial charge is 0.412 e. The number of benzene rings is 2. The molecule has 1 saturated heterocycles. The number of aryl methyl sites for hydroxylation is 1. The minimum absolute atomic E-state index is 0.146. The lowest BCUT2D eigenvalue weighted by Gasteiger charge is -2.29. The standard InChI is InChI=1S/C23H26N4O4S/c1-16-11-13-27(14-12-16)32(29,30)20-9-7-18(8-10-20)22-25-26-23(31-22)21(28)24-15-19-6-4-3-5-17(19)2/h3-10,16H,11-15H2,1-2H3,(H,24,28). The van der Waals surface area contributed by atoms with Crippen LogP contribution >= 0.6 is 0 Å². The summed E-state index contributed by atoms with van der Waals surface area (Å²) in [4.78, 5) is 12.6. The van der Waals surface area contributed by atoms with Crippen molar-refractivity contribution < 1.29 is 17.6 Å². The van der Waals surface area contributed by atoms with Gasteiger partial charge in [-0.25, -0.2) is 8.42 Å². The molecule has 9 heteroatoms. The third kappa shape index (κ3) is 4.73. The van der Waals surface area contributed by atoms with E-state index in [1.54, 1.807) is 12.1 Å². The minimum Gasteiger partial charge on any atom is -0.412 e. The number of piperidine rings is 1. The Morgan fingerprint density at radius 1 is 1.09 bits per heavy atom. The van der Waals surface area contributed by atoms with Crippen molar-refractivity contribution in [3.63, 3.8) is 0 Å². The van der Waals surface area contributed by atoms with E-state index >= 15 is 0 Å². The maximum Gasteiger partial charge on any atom is 0.309 e. The van der Waals surface area contributed by atoms with Crippen LogP contribution < -0.4 is 5.32 Å². The summed E-state index contributed by atoms with van der Waals surface area (Å²) in [6, 6.07) is 14.1. The van der Waals surface area contributed by atoms with Crippen LogP contribution in [0.15, 0.2) is 57.8 Å². The normalized spacial score (nSPS) is 15.6. The Morgan fingerprint density at radius 2 is 1.78 bits per heavy atom. The fraction of sp³-hybridized carbons (Fsp3) is 0.348. The Morgan fingerprint density at radius 3 is 2.47 bits per heavy atom. The van der Waals surface area contributed by atoms with Crippen LogP contribution in [-0.2, 0) is 16.6 Å². The summed E-state index contributed by atoms with van der Waals surface area (Å²) in [6.45, 7) is 5.54. The van der Waals surface area contributed by atoms with Crippen molar-refractivity contribution >= 4 is 15.9 Å². The van der Waals surface area contributed by atoms with Crippen molar-refractivity contribution in [3.8, 4) is 11.5 Å². The van der Waals surface area contributed by atoms with E-state index in [0.717, 1.165) is 24.0 Å². The maximum absolute atomic E-state index is 12.9. The second-order valence-electron chi connectivity index (χ2n) is 8.13. The number of hydrogen-bond acceptors (Lipinski definition) is 6. The summed E-state index contributed by atoms with van der Waals surface area (Å²) in [6.07, 6.45) is 1.74. The van der Waals surface area contributed by atoms with Crippen LogP contribution in [0.1, 0.15) is 41.6 Å². The van der Waals surface area contributed by atoms with Gasteiger partial charge in [-0.05, 0) is 61.1 Å². The molecule has 1 N–H and O–H groups in total. The molecule has 0 bridgehead atoms. The average Bonchev–Trinajstić information content (AvgIpc) is 3.29. The van der Waals surface area contributed by atoms with Crippen molar-refractivity contribution in [1.29, 1.82) is 0 Å². The van der Waals surface area contributed by atoms with Gasteiger partial charge in [0, 0.05) is 25.2 Å². The van der Waals surface area contributed by atoms with Crippen LogP contribution in [0.4, 0.5) is 0 Å². The molecule has 0 unspecified atom stereocenters. The zero-order valence-electron chi connectivity index (χ0n) is 18.1. The Bertz CT molecular complexity index is 1200. The first kappa shape index (κ1) is 22.2. The predicted octanol–water partition coefficient (Wildman–Crippen LogP) is 3.40. The van der Waals surface area contributed by atoms with Gasteiger partial charge in [0.15, 0.2) is 0 Å². The Kier molecular flexibility index (Phi) is 6.38. The van der Waals surface area contributed by atoms with Gasteiger partial charge in [-0.1, -0.05) is 31.2 Å². The lowest BCUT2D eigenvalue weighted by Crippen LogP contribution is -2.37. The number of sulfonamides is 1. The maximum atomic E-state index is 12.9. The molecular formula is C23H26N4O4S. The van der Waals surface area contributed by atoms with Crippen molar-refractivity contribution in [2.24, 2.45) is 5.92 Å². The van der Waals surface area contributed by atoms with Crippen LogP contribution in [0, 0.1) is 12.8 Å². The van der Waals surface area contributed by atoms with E-state index in [4.69, 9.17) is 4.42 Å². The number of hydrogen-bond donors (Lipinski definition) is 1. The first-order valence-electron chi connectivity index (χ1n) is 10.6. The molecule has 0 spiro atoms. The molecule has 0 saturated carbocycles. The third-order valence-corrected chi connectivity index (χ3v) is 7.71. The van der Waals surface area contributed by atoms with Gasteiger partial charge in [0.2, 0.25) is 15.9 Å². The van der Waals surface area contributed by atoms with Crippen LogP contribution in [0.25, 0.3) is 11.5 Å². The van der Waals surface area contributed by atoms with E-state index in [1.165, 1.54) is 16.4 Å². The average molecular weight is 455 g/mol. The van der Waals surface area contributed by atoms with Gasteiger partial charge < -0.3 is 9.73 Å². The fourth-order valence-electron chi connectivity index (χ4n) is 3.64. The highest BCUT2D eigenvalue weighted by atomic mass is 32.2. The molecule has 0 atom stereocenters. The van der Waals surface area contributed by atoms with Crippen molar-refractivity contribution in [2.75, 3.05) is 13.1 Å². The topological polar surface area (TPSA) is 105 Å². The van der Waals surface area contributed by atoms with Gasteiger partial charge in [0.1, 0.15) is 0 Å². The molecule has 8 nitrogen and oxygen atoms in total. The zero-order valence-corrected chi connectivity index (χ0v) is 18.9. The molecule has 2 heterocycles. The van der Waals surface area contributed by atoms with E-state index in [-0.39, 0.29) is 16.7 Å². The number of aromatic nitrogens is 2. The Hall–Kier alpha value is -3.04. The highest BCUT2D eigenvalue weighted by Gasteiger charge is 2.28. The first-order chi connectivity index (χ1) is 15.3. The lowest BCUT2D eigenvalue weighted by atomic mass is 10.0. The van der Waals surface area contributed by atoms with Crippen LogP contribution in [0.3, 0.4) is 0 Å². The first-order valence-corrected chi connectivity index (χ1v) is 12.1. The molecule has 1 aromatic heterocycles. The number of nitrogens with one attached hydrogen (secondary N) is 1. The number of carbonyl (C=O) groups excluding carboxylic acids is 1. The minimum atomic E-state index is -3.53. The molecule has 4 rings (SSSR count). The number of amides is 1. The number of carbonyl (C=O) groups is 1. The monoisotopic (exact) mass is 454 g/mol. The molecular weight excluding hydrogens is 428 g/mol. The smallest absolute Gasteiger partial charge is 0.309 e. The lowest BCUT2D eigenvalue weighted by molar-refractivity contribution is 0.0916. The molecule has 1 amide bonds. The summed E-state index contributed by atoms with van der Waals surface area (Å²) in [5.74, 6) is 0.0875. The summed E-state index contributed by atoms with van der Waals surface area (Å²) in [5, 5.41) is 10.5. The van der Waals surface area contributed by atoms with E-state index in [2.05, 4.69) is 22.4 Å². The molecule has 32 heavy (non-hydrogen) atoms. The van der Waals surface area contributed by atoms with Crippen LogP contribution in [-0.4, -0.2) is 41.9 Å². The predicted molar refractivity (Wildman–Crippen MR) is 119 cm³/mol. The number of rotatable bonds is 6. The van der Waals surface area contributed by atoms with Gasteiger partial charge in [-0.15, -0.1) is 10.2 Å². The van der Waals surface area contributed by atoms with Gasteiger partial charge in [0.05, 0.1) is 4.90 Å². The summed E-state index contributed by atoms with van der Waals surface area (Å²) in [5.41, 5.74) is 2.62. The van der Waals surface area contributed by atoms with Crippen LogP contribution in [0.2, 0.25) is 0 Å². The zero-order chi connectivity index (χ0) is 22.7. The molecule has 3 aromatic rings. The Labute approximate surface area is 187 Å². The van der Waals surface area contributed by atoms with Crippen molar-refractivity contribution in [2.45, 2.75) is 38.1 Å². The molecule has 168 valence electrons. The van der Waals surface area contributed by atoms with Crippen LogP contribution in [0.5, 0.6) is 0 Å². The second-order valence-corrected chi connectivity index (χ2v) is 10.1. The molecule has 0 aliphatic carbocycles. The molecule has 0 radical (unpaired) electrons. The highest BCUT2D eigenvalue weighted by molar-refractivity contribution is 7.89. The van der Waals surface area contributed by atoms with Gasteiger partial charge in [-0.2, -0.15) is 4.31 Å². The van der Waals surface area contributed by atoms with Gasteiger partial charge in [-0.3, -0.25) is 4.79 Å². The fourth-order valence-corrected chi connectivity index (χ4v) is 5.10. The van der Waals surface area contributed by atoms with E-state index in [9.17, 15) is 13.2 Å². The second kappa shape index (κ2) is 9.22. The molecule has 2 aromatic carbocycles. The quantitative estimate of drug-likeness (QED) is 0.612. The SMILES string of the molecule is Cc1ccccc1CNC(=O)c1nnc(-c2ccc(S(=O)(=O)N3CCC(C)CC3)cc2)o1. The molecule has 1 fully saturated rings. The van der Waals surface area contributed by atoms with Crippen molar-refractivity contribution in [3.05, 3.63) is 65.5 Å². The number of nitrogens with zero attached hydrogens (tertiary/aromatic N) is 3. The third-order valence-electron chi connectivity index (χ3n) is 5.80. The van der Waals surface area contributed by atoms with Gasteiger partial charge in [0.25, 0.3) is 0 Å². The molecule has 1 aliphatic rings. The van der Waals surface area contributed by atoms with E-state index < -0.39 is 15.9 Å². The highest BCUT2D eigenvalue weighted by Crippen LogP contribution is 2.25. The summed E-state index contributed by atoms with van der Waals surface area (Å²) in [7, 11) is -3.53. The van der Waals surface area contributed by atoms with E-state index in [0.29, 0.717) is 31.1 Å².